The molecule has 0 aliphatic rings. The molecule has 2 rings (SSSR count). The molecule has 0 unspecified atom stereocenters. The Labute approximate surface area is 128 Å². The van der Waals surface area contributed by atoms with Crippen LogP contribution < -0.4 is 5.32 Å². The SMILES string of the molecule is CC(C)(C)c1nnc(C(=O)NCCC(C)(C)c2nnco2)o1. The lowest BCUT2D eigenvalue weighted by molar-refractivity contribution is 0.0912. The van der Waals surface area contributed by atoms with Crippen molar-refractivity contribution in [2.45, 2.75) is 51.9 Å². The van der Waals surface area contributed by atoms with Crippen molar-refractivity contribution in [1.29, 1.82) is 0 Å². The summed E-state index contributed by atoms with van der Waals surface area (Å²) in [5, 5.41) is 18.0. The van der Waals surface area contributed by atoms with Crippen molar-refractivity contribution in [3.63, 3.8) is 0 Å². The summed E-state index contributed by atoms with van der Waals surface area (Å²) in [5.74, 6) is 0.559. The third-order valence-corrected chi connectivity index (χ3v) is 3.24. The van der Waals surface area contributed by atoms with Gasteiger partial charge in [-0.05, 0) is 6.42 Å². The number of hydrogen-bond acceptors (Lipinski definition) is 7. The van der Waals surface area contributed by atoms with E-state index in [0.717, 1.165) is 0 Å². The van der Waals surface area contributed by atoms with Crippen molar-refractivity contribution in [2.75, 3.05) is 6.54 Å². The van der Waals surface area contributed by atoms with Gasteiger partial charge in [0.05, 0.1) is 0 Å². The van der Waals surface area contributed by atoms with Gasteiger partial charge in [0.1, 0.15) is 0 Å². The number of aromatic nitrogens is 4. The number of hydrogen-bond donors (Lipinski definition) is 1. The highest BCUT2D eigenvalue weighted by Gasteiger charge is 2.27. The maximum absolute atomic E-state index is 12.0. The minimum atomic E-state index is -0.385. The summed E-state index contributed by atoms with van der Waals surface area (Å²) in [6.07, 6.45) is 1.93. The summed E-state index contributed by atoms with van der Waals surface area (Å²) < 4.78 is 10.6. The van der Waals surface area contributed by atoms with E-state index in [1.807, 2.05) is 34.6 Å². The quantitative estimate of drug-likeness (QED) is 0.898. The van der Waals surface area contributed by atoms with E-state index in [1.165, 1.54) is 6.39 Å². The highest BCUT2D eigenvalue weighted by molar-refractivity contribution is 5.89. The zero-order valence-corrected chi connectivity index (χ0v) is 13.5. The van der Waals surface area contributed by atoms with Gasteiger partial charge >= 0.3 is 11.8 Å². The van der Waals surface area contributed by atoms with Gasteiger partial charge < -0.3 is 14.2 Å². The van der Waals surface area contributed by atoms with E-state index in [2.05, 4.69) is 25.7 Å². The van der Waals surface area contributed by atoms with Gasteiger partial charge in [-0.2, -0.15) is 0 Å². The van der Waals surface area contributed by atoms with E-state index in [1.54, 1.807) is 0 Å². The Morgan fingerprint density at radius 3 is 2.41 bits per heavy atom. The number of carbonyl (C=O) groups excluding carboxylic acids is 1. The molecule has 8 heteroatoms. The molecule has 2 heterocycles. The second-order valence-corrected chi connectivity index (χ2v) is 6.80. The van der Waals surface area contributed by atoms with Crippen LogP contribution in [0.2, 0.25) is 0 Å². The van der Waals surface area contributed by atoms with Gasteiger partial charge in [0, 0.05) is 17.4 Å². The minimum Gasteiger partial charge on any atom is -0.427 e. The van der Waals surface area contributed by atoms with Crippen LogP contribution in [0.1, 0.15) is 63.5 Å². The summed E-state index contributed by atoms with van der Waals surface area (Å²) in [6, 6.07) is 0. The van der Waals surface area contributed by atoms with Crippen molar-refractivity contribution >= 4 is 5.91 Å². The van der Waals surface area contributed by atoms with Crippen molar-refractivity contribution in [3.05, 3.63) is 24.1 Å². The third kappa shape index (κ3) is 3.69. The Morgan fingerprint density at radius 1 is 1.14 bits per heavy atom. The summed E-state index contributed by atoms with van der Waals surface area (Å²) >= 11 is 0. The molecule has 22 heavy (non-hydrogen) atoms. The van der Waals surface area contributed by atoms with Gasteiger partial charge in [0.2, 0.25) is 18.2 Å². The molecule has 0 radical (unpaired) electrons. The third-order valence-electron chi connectivity index (χ3n) is 3.24. The van der Waals surface area contributed by atoms with Crippen LogP contribution >= 0.6 is 0 Å². The van der Waals surface area contributed by atoms with Crippen LogP contribution in [0, 0.1) is 0 Å². The zero-order valence-electron chi connectivity index (χ0n) is 13.5. The van der Waals surface area contributed by atoms with Gasteiger partial charge in [-0.25, -0.2) is 0 Å². The first kappa shape index (κ1) is 16.1. The average Bonchev–Trinajstić information content (AvgIpc) is 3.09. The Kier molecular flexibility index (Phi) is 4.30. The largest absolute Gasteiger partial charge is 0.427 e. The molecule has 1 N–H and O–H groups in total. The number of nitrogens with one attached hydrogen (secondary N) is 1. The molecule has 0 aliphatic carbocycles. The molecule has 0 aliphatic heterocycles. The molecule has 0 bridgehead atoms. The molecule has 1 amide bonds. The van der Waals surface area contributed by atoms with Crippen molar-refractivity contribution in [1.82, 2.24) is 25.7 Å². The number of nitrogens with zero attached hydrogens (tertiary/aromatic N) is 4. The summed E-state index contributed by atoms with van der Waals surface area (Å²) in [7, 11) is 0. The maximum Gasteiger partial charge on any atom is 0.308 e. The summed E-state index contributed by atoms with van der Waals surface area (Å²) in [6.45, 7) is 10.2. The van der Waals surface area contributed by atoms with Gasteiger partial charge in [0.25, 0.3) is 0 Å². The van der Waals surface area contributed by atoms with Gasteiger partial charge in [-0.3, -0.25) is 4.79 Å². The van der Waals surface area contributed by atoms with Crippen LogP contribution in [0.4, 0.5) is 0 Å². The van der Waals surface area contributed by atoms with Gasteiger partial charge in [0.15, 0.2) is 0 Å². The predicted octanol–water partition coefficient (Wildman–Crippen LogP) is 1.85. The molecule has 0 saturated carbocycles. The Balaban J connectivity index is 1.89. The minimum absolute atomic E-state index is 0.0273. The lowest BCUT2D eigenvalue weighted by Gasteiger charge is -2.19. The Hall–Kier alpha value is -2.25. The molecule has 0 saturated heterocycles. The molecule has 8 nitrogen and oxygen atoms in total. The van der Waals surface area contributed by atoms with E-state index >= 15 is 0 Å². The summed E-state index contributed by atoms with van der Waals surface area (Å²) in [4.78, 5) is 12.0. The number of carbonyl (C=O) groups is 1. The number of amides is 1. The molecule has 120 valence electrons. The highest BCUT2D eigenvalue weighted by Crippen LogP contribution is 2.24. The van der Waals surface area contributed by atoms with Crippen molar-refractivity contribution < 1.29 is 13.6 Å². The lowest BCUT2D eigenvalue weighted by Crippen LogP contribution is -2.30. The van der Waals surface area contributed by atoms with Crippen LogP contribution in [-0.2, 0) is 10.8 Å². The fourth-order valence-corrected chi connectivity index (χ4v) is 1.76. The molecular formula is C14H21N5O3. The van der Waals surface area contributed by atoms with Crippen LogP contribution in [0.25, 0.3) is 0 Å². The van der Waals surface area contributed by atoms with Gasteiger partial charge in [-0.15, -0.1) is 20.4 Å². The first-order chi connectivity index (χ1) is 10.2. The van der Waals surface area contributed by atoms with E-state index in [0.29, 0.717) is 24.7 Å². The smallest absolute Gasteiger partial charge is 0.308 e. The monoisotopic (exact) mass is 307 g/mol. The molecule has 0 atom stereocenters. The standard InChI is InChI=1S/C14H21N5O3/c1-13(2,3)11-19-17-10(22-11)9(20)15-7-6-14(4,5)12-18-16-8-21-12/h8H,6-7H2,1-5H3,(H,15,20). The van der Waals surface area contributed by atoms with Gasteiger partial charge in [-0.1, -0.05) is 34.6 Å². The second-order valence-electron chi connectivity index (χ2n) is 6.80. The first-order valence-electron chi connectivity index (χ1n) is 7.09. The average molecular weight is 307 g/mol. The first-order valence-corrected chi connectivity index (χ1v) is 7.09. The van der Waals surface area contributed by atoms with Crippen LogP contribution in [0.5, 0.6) is 0 Å². The van der Waals surface area contributed by atoms with Crippen LogP contribution in [0.15, 0.2) is 15.2 Å². The van der Waals surface area contributed by atoms with E-state index in [4.69, 9.17) is 8.83 Å². The lowest BCUT2D eigenvalue weighted by atomic mass is 9.89. The van der Waals surface area contributed by atoms with Crippen LogP contribution in [-0.4, -0.2) is 32.8 Å². The van der Waals surface area contributed by atoms with E-state index in [9.17, 15) is 4.79 Å². The molecular weight excluding hydrogens is 286 g/mol. The Morgan fingerprint density at radius 2 is 1.86 bits per heavy atom. The fourth-order valence-electron chi connectivity index (χ4n) is 1.76. The highest BCUT2D eigenvalue weighted by atomic mass is 16.4. The Bertz CT molecular complexity index is 625. The maximum atomic E-state index is 12.0. The van der Waals surface area contributed by atoms with Crippen molar-refractivity contribution in [2.24, 2.45) is 0 Å². The molecule has 0 aromatic carbocycles. The topological polar surface area (TPSA) is 107 Å². The molecule has 0 fully saturated rings. The molecule has 2 aromatic rings. The molecule has 0 spiro atoms. The zero-order chi connectivity index (χ0) is 16.4. The summed E-state index contributed by atoms with van der Waals surface area (Å²) in [5.41, 5.74) is -0.610. The molecule has 2 aromatic heterocycles. The van der Waals surface area contributed by atoms with E-state index < -0.39 is 0 Å². The fraction of sp³-hybridized carbons (Fsp3) is 0.643. The predicted molar refractivity (Wildman–Crippen MR) is 77.3 cm³/mol. The van der Waals surface area contributed by atoms with E-state index in [-0.39, 0.29) is 22.6 Å². The normalized spacial score (nSPS) is 12.4. The second kappa shape index (κ2) is 5.86. The number of rotatable bonds is 5. The van der Waals surface area contributed by atoms with Crippen LogP contribution in [0.3, 0.4) is 0 Å². The van der Waals surface area contributed by atoms with Crippen molar-refractivity contribution in [3.8, 4) is 0 Å².